The summed E-state index contributed by atoms with van der Waals surface area (Å²) in [6.45, 7) is 0. The highest BCUT2D eigenvalue weighted by Gasteiger charge is 2.12. The molecule has 1 aromatic rings. The summed E-state index contributed by atoms with van der Waals surface area (Å²) in [5.41, 5.74) is 0.355. The lowest BCUT2D eigenvalue weighted by atomic mass is 10.1. The van der Waals surface area contributed by atoms with E-state index in [0.29, 0.717) is 20.9 Å². The summed E-state index contributed by atoms with van der Waals surface area (Å²) >= 11 is 5.11. The topological polar surface area (TPSA) is 60.2 Å². The van der Waals surface area contributed by atoms with Gasteiger partial charge in [0, 0.05) is 33.0 Å². The summed E-state index contributed by atoms with van der Waals surface area (Å²) in [5.74, 6) is -0.0894. The third-order valence-electron chi connectivity index (χ3n) is 1.74. The maximum atomic E-state index is 11.5. The number of rotatable bonds is 4. The number of Topliss-reactive ketones (excluding diaryl/α,β-unsaturated/α-hetero) is 1. The maximum Gasteiger partial charge on any atom is 0.271 e. The van der Waals surface area contributed by atoms with Crippen LogP contribution in [0.1, 0.15) is 16.8 Å². The fourth-order valence-electron chi connectivity index (χ4n) is 1.07. The summed E-state index contributed by atoms with van der Waals surface area (Å²) in [7, 11) is 0. The summed E-state index contributed by atoms with van der Waals surface area (Å²) in [4.78, 5) is 21.6. The first kappa shape index (κ1) is 12.6. The number of carbonyl (C=O) groups excluding carboxylic acids is 1. The highest BCUT2D eigenvalue weighted by molar-refractivity contribution is 14.1. The van der Waals surface area contributed by atoms with Crippen molar-refractivity contribution in [1.82, 2.24) is 0 Å². The van der Waals surface area contributed by atoms with E-state index in [4.69, 9.17) is 0 Å². The number of non-ortho nitro benzene ring substituents is 1. The van der Waals surface area contributed by atoms with Gasteiger partial charge in [-0.3, -0.25) is 14.9 Å². The van der Waals surface area contributed by atoms with Crippen LogP contribution in [0.5, 0.6) is 0 Å². The lowest BCUT2D eigenvalue weighted by molar-refractivity contribution is -0.385. The SMILES string of the molecule is O=C(CCBr)c1cc(I)cc([N+](=O)[O-])c1. The predicted molar refractivity (Wildman–Crippen MR) is 68.6 cm³/mol. The quantitative estimate of drug-likeness (QED) is 0.264. The van der Waals surface area contributed by atoms with E-state index in [1.165, 1.54) is 12.1 Å². The fourth-order valence-corrected chi connectivity index (χ4v) is 2.09. The molecule has 15 heavy (non-hydrogen) atoms. The standard InChI is InChI=1S/C9H7BrINO3/c10-2-1-9(13)6-3-7(11)5-8(4-6)12(14)15/h3-5H,1-2H2. The highest BCUT2D eigenvalue weighted by Crippen LogP contribution is 2.19. The molecule has 0 N–H and O–H groups in total. The van der Waals surface area contributed by atoms with E-state index in [1.807, 2.05) is 22.6 Å². The average Bonchev–Trinajstić information content (AvgIpc) is 2.17. The minimum atomic E-state index is -0.493. The minimum absolute atomic E-state index is 0.0418. The van der Waals surface area contributed by atoms with Crippen molar-refractivity contribution in [3.63, 3.8) is 0 Å². The van der Waals surface area contributed by atoms with Crippen molar-refractivity contribution in [2.75, 3.05) is 5.33 Å². The van der Waals surface area contributed by atoms with Gasteiger partial charge >= 0.3 is 0 Å². The van der Waals surface area contributed by atoms with E-state index in [-0.39, 0.29) is 11.5 Å². The molecule has 0 amide bonds. The molecule has 0 heterocycles. The fraction of sp³-hybridized carbons (Fsp3) is 0.222. The second-order valence-corrected chi connectivity index (χ2v) is 4.86. The molecule has 0 bridgehead atoms. The van der Waals surface area contributed by atoms with Crippen molar-refractivity contribution in [3.05, 3.63) is 37.4 Å². The van der Waals surface area contributed by atoms with Crippen LogP contribution in [0.3, 0.4) is 0 Å². The third-order valence-corrected chi connectivity index (χ3v) is 2.76. The molecule has 0 aromatic heterocycles. The first-order valence-corrected chi connectivity index (χ1v) is 6.28. The van der Waals surface area contributed by atoms with E-state index in [0.717, 1.165) is 0 Å². The van der Waals surface area contributed by atoms with E-state index >= 15 is 0 Å². The first-order valence-electron chi connectivity index (χ1n) is 4.08. The molecule has 0 aliphatic rings. The number of halogens is 2. The predicted octanol–water partition coefficient (Wildman–Crippen LogP) is 3.17. The van der Waals surface area contributed by atoms with E-state index < -0.39 is 4.92 Å². The minimum Gasteiger partial charge on any atom is -0.294 e. The van der Waals surface area contributed by atoms with Gasteiger partial charge in [0.2, 0.25) is 0 Å². The summed E-state index contributed by atoms with van der Waals surface area (Å²) in [6.07, 6.45) is 0.344. The second kappa shape index (κ2) is 5.55. The Morgan fingerprint density at radius 2 is 2.13 bits per heavy atom. The van der Waals surface area contributed by atoms with Gasteiger partial charge in [-0.15, -0.1) is 0 Å². The molecule has 1 rings (SSSR count). The Labute approximate surface area is 108 Å². The smallest absolute Gasteiger partial charge is 0.271 e. The van der Waals surface area contributed by atoms with Crippen LogP contribution in [0.25, 0.3) is 0 Å². The van der Waals surface area contributed by atoms with Crippen molar-refractivity contribution in [2.24, 2.45) is 0 Å². The number of carbonyl (C=O) groups is 1. The zero-order chi connectivity index (χ0) is 11.4. The molecule has 4 nitrogen and oxygen atoms in total. The van der Waals surface area contributed by atoms with Gasteiger partial charge in [0.05, 0.1) is 4.92 Å². The molecule has 0 saturated heterocycles. The molecule has 0 aliphatic carbocycles. The Morgan fingerprint density at radius 1 is 1.47 bits per heavy atom. The molecule has 0 atom stereocenters. The normalized spacial score (nSPS) is 10.0. The lowest BCUT2D eigenvalue weighted by Crippen LogP contribution is -2.01. The number of hydrogen-bond acceptors (Lipinski definition) is 3. The number of benzene rings is 1. The van der Waals surface area contributed by atoms with Gasteiger partial charge in [-0.25, -0.2) is 0 Å². The van der Waals surface area contributed by atoms with E-state index in [1.54, 1.807) is 6.07 Å². The van der Waals surface area contributed by atoms with Crippen molar-refractivity contribution in [3.8, 4) is 0 Å². The van der Waals surface area contributed by atoms with Crippen LogP contribution in [0, 0.1) is 13.7 Å². The van der Waals surface area contributed by atoms with Gasteiger partial charge in [-0.2, -0.15) is 0 Å². The highest BCUT2D eigenvalue weighted by atomic mass is 127. The Hall–Kier alpha value is -0.500. The zero-order valence-electron chi connectivity index (χ0n) is 7.57. The second-order valence-electron chi connectivity index (χ2n) is 2.82. The molecule has 0 unspecified atom stereocenters. The van der Waals surface area contributed by atoms with Gasteiger partial charge in [-0.05, 0) is 28.7 Å². The van der Waals surface area contributed by atoms with Crippen LogP contribution < -0.4 is 0 Å². The van der Waals surface area contributed by atoms with Crippen LogP contribution in [-0.2, 0) is 0 Å². The Kier molecular flexibility index (Phi) is 4.65. The first-order chi connectivity index (χ1) is 7.04. The Morgan fingerprint density at radius 3 is 2.67 bits per heavy atom. The molecule has 0 fully saturated rings. The molecule has 0 aliphatic heterocycles. The number of nitro groups is 1. The molecule has 6 heteroatoms. The van der Waals surface area contributed by atoms with Crippen LogP contribution in [-0.4, -0.2) is 16.0 Å². The monoisotopic (exact) mass is 383 g/mol. The van der Waals surface area contributed by atoms with Crippen molar-refractivity contribution in [2.45, 2.75) is 6.42 Å². The molecule has 0 radical (unpaired) electrons. The molecule has 0 saturated carbocycles. The van der Waals surface area contributed by atoms with E-state index in [2.05, 4.69) is 15.9 Å². The largest absolute Gasteiger partial charge is 0.294 e. The maximum absolute atomic E-state index is 11.5. The van der Waals surface area contributed by atoms with Crippen molar-refractivity contribution >= 4 is 50.0 Å². The number of alkyl halides is 1. The van der Waals surface area contributed by atoms with Crippen LogP contribution in [0.4, 0.5) is 5.69 Å². The van der Waals surface area contributed by atoms with Crippen LogP contribution in [0.2, 0.25) is 0 Å². The summed E-state index contributed by atoms with van der Waals surface area (Å²) in [5, 5.41) is 11.1. The van der Waals surface area contributed by atoms with Crippen LogP contribution in [0.15, 0.2) is 18.2 Å². The number of ketones is 1. The molecular weight excluding hydrogens is 377 g/mol. The van der Waals surface area contributed by atoms with Gasteiger partial charge in [0.15, 0.2) is 5.78 Å². The number of nitro benzene ring substituents is 1. The molecule has 1 aromatic carbocycles. The average molecular weight is 384 g/mol. The van der Waals surface area contributed by atoms with Crippen LogP contribution >= 0.6 is 38.5 Å². The van der Waals surface area contributed by atoms with E-state index in [9.17, 15) is 14.9 Å². The van der Waals surface area contributed by atoms with Crippen molar-refractivity contribution in [1.29, 1.82) is 0 Å². The third kappa shape index (κ3) is 3.53. The Bertz CT molecular complexity index is 408. The number of nitrogens with zero attached hydrogens (tertiary/aromatic N) is 1. The Balaban J connectivity index is 3.09. The molecule has 0 spiro atoms. The number of hydrogen-bond donors (Lipinski definition) is 0. The van der Waals surface area contributed by atoms with Gasteiger partial charge < -0.3 is 0 Å². The van der Waals surface area contributed by atoms with Gasteiger partial charge in [-0.1, -0.05) is 15.9 Å². The summed E-state index contributed by atoms with van der Waals surface area (Å²) < 4.78 is 0.694. The van der Waals surface area contributed by atoms with Crippen molar-refractivity contribution < 1.29 is 9.72 Å². The summed E-state index contributed by atoms with van der Waals surface area (Å²) in [6, 6.07) is 4.40. The lowest BCUT2D eigenvalue weighted by Gasteiger charge is -2.00. The van der Waals surface area contributed by atoms with Gasteiger partial charge in [0.1, 0.15) is 0 Å². The van der Waals surface area contributed by atoms with Gasteiger partial charge in [0.25, 0.3) is 5.69 Å². The molecule has 80 valence electrons. The molecular formula is C9H7BrINO3. The zero-order valence-corrected chi connectivity index (χ0v) is 11.3.